The molecule has 1 aromatic carbocycles. The molecule has 1 fully saturated rings. The maximum Gasteiger partial charge on any atom is 0.227 e. The lowest BCUT2D eigenvalue weighted by molar-refractivity contribution is -0.137. The summed E-state index contributed by atoms with van der Waals surface area (Å²) in [6.07, 6.45) is 3.08. The molecule has 0 saturated carbocycles. The fraction of sp³-hybridized carbons (Fsp3) is 0.471. The number of amides is 1. The number of nitrogens with zero attached hydrogens (tertiary/aromatic N) is 1. The van der Waals surface area contributed by atoms with Crippen molar-refractivity contribution in [2.75, 3.05) is 19.6 Å². The van der Waals surface area contributed by atoms with Gasteiger partial charge in [0, 0.05) is 48.2 Å². The second kappa shape index (κ2) is 5.19. The average molecular weight is 283 g/mol. The highest BCUT2D eigenvalue weighted by Crippen LogP contribution is 2.28. The molecule has 4 heteroatoms. The zero-order valence-electron chi connectivity index (χ0n) is 12.2. The Kier molecular flexibility index (Phi) is 3.19. The summed E-state index contributed by atoms with van der Waals surface area (Å²) in [5, 5.41) is 4.62. The number of carbonyl (C=O) groups is 1. The van der Waals surface area contributed by atoms with Crippen LogP contribution in [-0.2, 0) is 17.8 Å². The highest BCUT2D eigenvalue weighted by atomic mass is 16.2. The zero-order chi connectivity index (χ0) is 14.2. The lowest BCUT2D eigenvalue weighted by Gasteiger charge is -2.32. The van der Waals surface area contributed by atoms with E-state index in [2.05, 4.69) is 39.5 Å². The van der Waals surface area contributed by atoms with E-state index in [9.17, 15) is 4.79 Å². The molecule has 0 unspecified atom stereocenters. The Morgan fingerprint density at radius 2 is 2.19 bits per heavy atom. The minimum atomic E-state index is 0.172. The number of benzene rings is 1. The molecule has 1 aromatic heterocycles. The van der Waals surface area contributed by atoms with Gasteiger partial charge in [0.05, 0.1) is 5.92 Å². The van der Waals surface area contributed by atoms with Crippen molar-refractivity contribution in [3.8, 4) is 0 Å². The summed E-state index contributed by atoms with van der Waals surface area (Å²) >= 11 is 0. The monoisotopic (exact) mass is 283 g/mol. The Bertz CT molecular complexity index is 670. The van der Waals surface area contributed by atoms with Crippen molar-refractivity contribution in [1.29, 1.82) is 0 Å². The molecule has 2 N–H and O–H groups in total. The third-order valence-electron chi connectivity index (χ3n) is 4.84. The molecule has 110 valence electrons. The Hall–Kier alpha value is -1.81. The lowest BCUT2D eigenvalue weighted by atomic mass is 9.96. The molecule has 1 amide bonds. The number of aromatic nitrogens is 1. The summed E-state index contributed by atoms with van der Waals surface area (Å²) in [7, 11) is 0. The van der Waals surface area contributed by atoms with Crippen molar-refractivity contribution in [1.82, 2.24) is 15.2 Å². The fourth-order valence-electron chi connectivity index (χ4n) is 3.68. The van der Waals surface area contributed by atoms with Crippen molar-refractivity contribution in [3.05, 3.63) is 35.5 Å². The molecule has 3 heterocycles. The minimum absolute atomic E-state index is 0.172. The van der Waals surface area contributed by atoms with Crippen LogP contribution in [0.15, 0.2) is 24.3 Å². The van der Waals surface area contributed by atoms with E-state index in [0.717, 1.165) is 45.4 Å². The van der Waals surface area contributed by atoms with Crippen molar-refractivity contribution in [3.63, 3.8) is 0 Å². The van der Waals surface area contributed by atoms with Crippen molar-refractivity contribution in [2.45, 2.75) is 25.8 Å². The van der Waals surface area contributed by atoms with Crippen molar-refractivity contribution < 1.29 is 4.79 Å². The van der Waals surface area contributed by atoms with Gasteiger partial charge >= 0.3 is 0 Å². The topological polar surface area (TPSA) is 48.1 Å². The first-order valence-corrected chi connectivity index (χ1v) is 7.91. The number of fused-ring (bicyclic) bond motifs is 3. The van der Waals surface area contributed by atoms with Crippen LogP contribution < -0.4 is 5.32 Å². The van der Waals surface area contributed by atoms with E-state index in [4.69, 9.17) is 0 Å². The van der Waals surface area contributed by atoms with Crippen molar-refractivity contribution >= 4 is 16.8 Å². The van der Waals surface area contributed by atoms with E-state index in [1.165, 1.54) is 22.2 Å². The van der Waals surface area contributed by atoms with Crippen molar-refractivity contribution in [2.24, 2.45) is 5.92 Å². The smallest absolute Gasteiger partial charge is 0.227 e. The van der Waals surface area contributed by atoms with Gasteiger partial charge < -0.3 is 15.2 Å². The molecule has 0 bridgehead atoms. The summed E-state index contributed by atoms with van der Waals surface area (Å²) in [4.78, 5) is 18.3. The van der Waals surface area contributed by atoms with Gasteiger partial charge in [-0.2, -0.15) is 0 Å². The number of piperidine rings is 1. The quantitative estimate of drug-likeness (QED) is 0.841. The summed E-state index contributed by atoms with van der Waals surface area (Å²) in [5.41, 5.74) is 3.81. The molecule has 2 aromatic rings. The summed E-state index contributed by atoms with van der Waals surface area (Å²) in [6, 6.07) is 8.40. The summed E-state index contributed by atoms with van der Waals surface area (Å²) in [5.74, 6) is 0.503. The van der Waals surface area contributed by atoms with Gasteiger partial charge in [-0.3, -0.25) is 4.79 Å². The molecular weight excluding hydrogens is 262 g/mol. The first-order valence-electron chi connectivity index (χ1n) is 7.91. The second-order valence-electron chi connectivity index (χ2n) is 6.18. The van der Waals surface area contributed by atoms with Gasteiger partial charge in [-0.25, -0.2) is 0 Å². The van der Waals surface area contributed by atoms with Crippen LogP contribution in [-0.4, -0.2) is 35.4 Å². The maximum atomic E-state index is 12.7. The first-order chi connectivity index (χ1) is 10.3. The predicted octanol–water partition coefficient (Wildman–Crippen LogP) is 2.05. The van der Waals surface area contributed by atoms with Gasteiger partial charge in [-0.05, 0) is 25.5 Å². The van der Waals surface area contributed by atoms with Gasteiger partial charge in [0.25, 0.3) is 0 Å². The number of para-hydroxylation sites is 1. The minimum Gasteiger partial charge on any atom is -0.358 e. The van der Waals surface area contributed by atoms with Gasteiger partial charge in [-0.15, -0.1) is 0 Å². The fourth-order valence-corrected chi connectivity index (χ4v) is 3.68. The molecule has 21 heavy (non-hydrogen) atoms. The van der Waals surface area contributed by atoms with Crippen LogP contribution in [0.1, 0.15) is 24.1 Å². The highest BCUT2D eigenvalue weighted by molar-refractivity contribution is 5.86. The Morgan fingerprint density at radius 1 is 1.29 bits per heavy atom. The number of nitrogens with one attached hydrogen (secondary N) is 2. The summed E-state index contributed by atoms with van der Waals surface area (Å²) < 4.78 is 0. The standard InChI is InChI=1S/C17H21N3O/c21-17(12-4-3-8-18-10-12)20-9-7-16-14(11-20)13-5-1-2-6-15(13)19-16/h1-2,5-6,12,18-19H,3-4,7-11H2/t12-/m0/s1. The van der Waals surface area contributed by atoms with Crippen LogP contribution in [0.3, 0.4) is 0 Å². The SMILES string of the molecule is O=C([C@H]1CCCNC1)N1CCc2[nH]c3ccccc3c2C1. The van der Waals surface area contributed by atoms with E-state index < -0.39 is 0 Å². The summed E-state index contributed by atoms with van der Waals surface area (Å²) in [6.45, 7) is 3.50. The van der Waals surface area contributed by atoms with E-state index in [1.807, 2.05) is 0 Å². The molecule has 0 aliphatic carbocycles. The molecule has 0 spiro atoms. The number of H-pyrrole nitrogens is 1. The molecular formula is C17H21N3O. The van der Waals surface area contributed by atoms with Gasteiger partial charge in [0.1, 0.15) is 0 Å². The average Bonchev–Trinajstić information content (AvgIpc) is 2.93. The Labute approximate surface area is 124 Å². The number of aromatic amines is 1. The van der Waals surface area contributed by atoms with Crippen LogP contribution in [0, 0.1) is 5.92 Å². The molecule has 0 radical (unpaired) electrons. The van der Waals surface area contributed by atoms with E-state index in [0.29, 0.717) is 5.91 Å². The molecule has 2 aliphatic rings. The zero-order valence-corrected chi connectivity index (χ0v) is 12.2. The van der Waals surface area contributed by atoms with Crippen LogP contribution in [0.5, 0.6) is 0 Å². The third-order valence-corrected chi connectivity index (χ3v) is 4.84. The molecule has 1 saturated heterocycles. The van der Waals surface area contributed by atoms with Crippen LogP contribution >= 0.6 is 0 Å². The number of carbonyl (C=O) groups excluding carboxylic acids is 1. The second-order valence-corrected chi connectivity index (χ2v) is 6.18. The molecule has 1 atom stereocenters. The molecule has 4 nitrogen and oxygen atoms in total. The van der Waals surface area contributed by atoms with Gasteiger partial charge in [0.2, 0.25) is 5.91 Å². The van der Waals surface area contributed by atoms with E-state index in [-0.39, 0.29) is 5.92 Å². The van der Waals surface area contributed by atoms with E-state index in [1.54, 1.807) is 0 Å². The largest absolute Gasteiger partial charge is 0.358 e. The Morgan fingerprint density at radius 3 is 3.05 bits per heavy atom. The predicted molar refractivity (Wildman–Crippen MR) is 83.0 cm³/mol. The van der Waals surface area contributed by atoms with Gasteiger partial charge in [-0.1, -0.05) is 18.2 Å². The third kappa shape index (κ3) is 2.23. The first kappa shape index (κ1) is 12.9. The lowest BCUT2D eigenvalue weighted by Crippen LogP contribution is -2.44. The number of hydrogen-bond acceptors (Lipinski definition) is 2. The molecule has 4 rings (SSSR count). The van der Waals surface area contributed by atoms with Crippen LogP contribution in [0.4, 0.5) is 0 Å². The van der Waals surface area contributed by atoms with Crippen LogP contribution in [0.25, 0.3) is 10.9 Å². The normalized spacial score (nSPS) is 22.3. The number of hydrogen-bond donors (Lipinski definition) is 2. The number of rotatable bonds is 1. The Balaban J connectivity index is 1.59. The van der Waals surface area contributed by atoms with Crippen LogP contribution in [0.2, 0.25) is 0 Å². The van der Waals surface area contributed by atoms with Gasteiger partial charge in [0.15, 0.2) is 0 Å². The molecule has 2 aliphatic heterocycles. The highest BCUT2D eigenvalue weighted by Gasteiger charge is 2.29. The maximum absolute atomic E-state index is 12.7. The van der Waals surface area contributed by atoms with E-state index >= 15 is 0 Å².